The highest BCUT2D eigenvalue weighted by Crippen LogP contribution is 2.29. The topological polar surface area (TPSA) is 0 Å². The second-order valence-electron chi connectivity index (χ2n) is 7.03. The number of aryl methyl sites for hydroxylation is 1. The van der Waals surface area contributed by atoms with E-state index >= 15 is 0 Å². The summed E-state index contributed by atoms with van der Waals surface area (Å²) < 4.78 is 0. The van der Waals surface area contributed by atoms with Crippen molar-refractivity contribution >= 4 is 28.8 Å². The second kappa shape index (κ2) is 5.82. The van der Waals surface area contributed by atoms with Gasteiger partial charge in [-0.3, -0.25) is 0 Å². The average molecular weight is 349 g/mol. The standard InChI is InChI=1S/C25H20Si/c1-19-11-10-17-23-22-16-8-9-18-24(22)26(25(19)23,20-12-4-2-5-13-20)21-14-6-3-7-15-21/h2-18H,1H3. The average Bonchev–Trinajstić information content (AvgIpc) is 3.02. The quantitative estimate of drug-likeness (QED) is 0.429. The largest absolute Gasteiger partial charge is 0.181 e. The third-order valence-electron chi connectivity index (χ3n) is 5.68. The maximum Gasteiger partial charge on any atom is 0.181 e. The molecular formula is C25H20Si. The van der Waals surface area contributed by atoms with Gasteiger partial charge in [-0.2, -0.15) is 0 Å². The smallest absolute Gasteiger partial charge is 0.0623 e. The molecule has 4 aromatic rings. The molecule has 4 aromatic carbocycles. The van der Waals surface area contributed by atoms with E-state index < -0.39 is 8.07 Å². The molecule has 0 N–H and O–H groups in total. The fourth-order valence-electron chi connectivity index (χ4n) is 4.71. The van der Waals surface area contributed by atoms with Gasteiger partial charge in [0.2, 0.25) is 0 Å². The maximum atomic E-state index is 2.36. The molecule has 5 rings (SSSR count). The van der Waals surface area contributed by atoms with Gasteiger partial charge in [0.05, 0.1) is 0 Å². The van der Waals surface area contributed by atoms with Gasteiger partial charge in [-0.25, -0.2) is 0 Å². The van der Waals surface area contributed by atoms with Crippen LogP contribution in [0.25, 0.3) is 11.1 Å². The van der Waals surface area contributed by atoms with Crippen molar-refractivity contribution in [1.82, 2.24) is 0 Å². The van der Waals surface area contributed by atoms with Crippen LogP contribution in [0.5, 0.6) is 0 Å². The molecule has 1 aliphatic heterocycles. The van der Waals surface area contributed by atoms with Crippen molar-refractivity contribution in [1.29, 1.82) is 0 Å². The van der Waals surface area contributed by atoms with E-state index in [2.05, 4.69) is 110 Å². The molecule has 1 heteroatoms. The minimum Gasteiger partial charge on any atom is -0.0623 e. The van der Waals surface area contributed by atoms with E-state index in [0.29, 0.717) is 0 Å². The normalized spacial score (nSPS) is 13.9. The molecular weight excluding hydrogens is 328 g/mol. The molecule has 0 bridgehead atoms. The Labute approximate surface area is 155 Å². The van der Waals surface area contributed by atoms with Crippen LogP contribution in [0.1, 0.15) is 5.56 Å². The predicted octanol–water partition coefficient (Wildman–Crippen LogP) is 3.35. The minimum atomic E-state index is -2.27. The fourth-order valence-corrected chi connectivity index (χ4v) is 10.2. The number of fused-ring (bicyclic) bond motifs is 3. The monoisotopic (exact) mass is 348 g/mol. The van der Waals surface area contributed by atoms with Crippen molar-refractivity contribution < 1.29 is 0 Å². The number of rotatable bonds is 2. The van der Waals surface area contributed by atoms with Gasteiger partial charge in [-0.15, -0.1) is 0 Å². The van der Waals surface area contributed by atoms with E-state index in [1.807, 2.05) is 0 Å². The summed E-state index contributed by atoms with van der Waals surface area (Å²) in [6.45, 7) is 2.28. The van der Waals surface area contributed by atoms with Crippen LogP contribution in [0, 0.1) is 6.92 Å². The molecule has 0 unspecified atom stereocenters. The molecule has 0 aromatic heterocycles. The number of hydrogen-bond donors (Lipinski definition) is 0. The van der Waals surface area contributed by atoms with E-state index in [-0.39, 0.29) is 0 Å². The van der Waals surface area contributed by atoms with Gasteiger partial charge in [0.25, 0.3) is 0 Å². The minimum absolute atomic E-state index is 1.40. The lowest BCUT2D eigenvalue weighted by Gasteiger charge is -2.32. The first-order valence-electron chi connectivity index (χ1n) is 9.14. The van der Waals surface area contributed by atoms with Crippen LogP contribution >= 0.6 is 0 Å². The van der Waals surface area contributed by atoms with E-state index in [4.69, 9.17) is 0 Å². The summed E-state index contributed by atoms with van der Waals surface area (Å²) >= 11 is 0. The SMILES string of the molecule is Cc1cccc2c1[Si](c1ccccc1)(c1ccccc1)c1ccccc1-2. The Kier molecular flexibility index (Phi) is 3.44. The van der Waals surface area contributed by atoms with Crippen molar-refractivity contribution in [3.63, 3.8) is 0 Å². The lowest BCUT2D eigenvalue weighted by atomic mass is 10.0. The summed E-state index contributed by atoms with van der Waals surface area (Å²) in [5.74, 6) is 0. The second-order valence-corrected chi connectivity index (χ2v) is 10.7. The highest BCUT2D eigenvalue weighted by molar-refractivity contribution is 7.22. The molecule has 0 aliphatic carbocycles. The van der Waals surface area contributed by atoms with Gasteiger partial charge in [-0.05, 0) is 38.8 Å². The molecule has 0 atom stereocenters. The molecule has 26 heavy (non-hydrogen) atoms. The third-order valence-corrected chi connectivity index (χ3v) is 10.7. The maximum absolute atomic E-state index is 2.36. The van der Waals surface area contributed by atoms with Crippen molar-refractivity contribution in [2.45, 2.75) is 6.92 Å². The van der Waals surface area contributed by atoms with Crippen LogP contribution in [0.15, 0.2) is 103 Å². The van der Waals surface area contributed by atoms with Crippen LogP contribution in [0.4, 0.5) is 0 Å². The van der Waals surface area contributed by atoms with E-state index in [9.17, 15) is 0 Å². The Hall–Kier alpha value is -2.90. The first kappa shape index (κ1) is 15.4. The molecule has 0 spiro atoms. The molecule has 1 aliphatic rings. The highest BCUT2D eigenvalue weighted by Gasteiger charge is 2.49. The number of hydrogen-bond acceptors (Lipinski definition) is 0. The summed E-state index contributed by atoms with van der Waals surface area (Å²) in [5.41, 5.74) is 4.23. The van der Waals surface area contributed by atoms with Crippen molar-refractivity contribution in [2.75, 3.05) is 0 Å². The molecule has 0 nitrogen and oxygen atoms in total. The Balaban J connectivity index is 2.01. The first-order valence-corrected chi connectivity index (χ1v) is 11.1. The van der Waals surface area contributed by atoms with Crippen molar-refractivity contribution in [3.05, 3.63) is 109 Å². The van der Waals surface area contributed by atoms with Gasteiger partial charge >= 0.3 is 0 Å². The van der Waals surface area contributed by atoms with Crippen molar-refractivity contribution in [3.8, 4) is 11.1 Å². The fraction of sp³-hybridized carbons (Fsp3) is 0.0400. The third kappa shape index (κ3) is 1.95. The van der Waals surface area contributed by atoms with Crippen LogP contribution in [-0.2, 0) is 0 Å². The lowest BCUT2D eigenvalue weighted by molar-refractivity contribution is 1.51. The van der Waals surface area contributed by atoms with Gasteiger partial charge in [0, 0.05) is 0 Å². The zero-order valence-electron chi connectivity index (χ0n) is 14.8. The van der Waals surface area contributed by atoms with Crippen molar-refractivity contribution in [2.24, 2.45) is 0 Å². The molecule has 0 saturated carbocycles. The van der Waals surface area contributed by atoms with Gasteiger partial charge in [-0.1, -0.05) is 109 Å². The summed E-state index contributed by atoms with van der Waals surface area (Å²) in [5, 5.41) is 6.00. The van der Waals surface area contributed by atoms with Gasteiger partial charge in [0.1, 0.15) is 0 Å². The Morgan fingerprint density at radius 2 is 1.04 bits per heavy atom. The summed E-state index contributed by atoms with van der Waals surface area (Å²) in [6.07, 6.45) is 0. The molecule has 124 valence electrons. The zero-order chi connectivity index (χ0) is 17.6. The summed E-state index contributed by atoms with van der Waals surface area (Å²) in [6, 6.07) is 38.1. The number of benzene rings is 4. The summed E-state index contributed by atoms with van der Waals surface area (Å²) in [7, 11) is -2.27. The van der Waals surface area contributed by atoms with E-state index in [0.717, 1.165) is 0 Å². The van der Waals surface area contributed by atoms with Gasteiger partial charge < -0.3 is 0 Å². The first-order chi connectivity index (χ1) is 12.8. The molecule has 0 radical (unpaired) electrons. The highest BCUT2D eigenvalue weighted by atomic mass is 28.3. The van der Waals surface area contributed by atoms with Crippen LogP contribution in [0.2, 0.25) is 0 Å². The van der Waals surface area contributed by atoms with E-state index in [1.165, 1.54) is 32.3 Å². The van der Waals surface area contributed by atoms with Crippen LogP contribution in [0.3, 0.4) is 0 Å². The Morgan fingerprint density at radius 3 is 1.69 bits per heavy atom. The van der Waals surface area contributed by atoms with E-state index in [1.54, 1.807) is 5.19 Å². The Bertz CT molecular complexity index is 1040. The molecule has 0 fully saturated rings. The zero-order valence-corrected chi connectivity index (χ0v) is 15.8. The van der Waals surface area contributed by atoms with Gasteiger partial charge in [0.15, 0.2) is 8.07 Å². The lowest BCUT2D eigenvalue weighted by Crippen LogP contribution is -2.73. The van der Waals surface area contributed by atoms with Crippen LogP contribution < -0.4 is 20.7 Å². The Morgan fingerprint density at radius 1 is 0.500 bits per heavy atom. The van der Waals surface area contributed by atoms with Crippen LogP contribution in [-0.4, -0.2) is 8.07 Å². The molecule has 1 heterocycles. The predicted molar refractivity (Wildman–Crippen MR) is 114 cm³/mol. The summed E-state index contributed by atoms with van der Waals surface area (Å²) in [4.78, 5) is 0. The molecule has 0 saturated heterocycles. The molecule has 0 amide bonds.